The average Bonchev–Trinajstić information content (AvgIpc) is 2.39. The second-order valence-electron chi connectivity index (χ2n) is 4.87. The van der Waals surface area contributed by atoms with Crippen LogP contribution in [0.5, 0.6) is 5.75 Å². The monoisotopic (exact) mass is 249 g/mol. The molecule has 0 amide bonds. The highest BCUT2D eigenvalue weighted by atomic mass is 16.5. The summed E-state index contributed by atoms with van der Waals surface area (Å²) < 4.78 is 5.21. The Morgan fingerprint density at radius 2 is 2.22 bits per heavy atom. The molecule has 0 bridgehead atoms. The number of carboxylic acids is 1. The standard InChI is InChI=1S/C14H19NO3/c1-9-6-7-12(14(16)17)15-13(9)10-4-3-5-11(8-10)18-2/h3-5,8-9,12-13,15H,6-7H2,1-2H3,(H,16,17)/t9-,12-,13-/m0/s1. The number of rotatable bonds is 3. The number of nitrogens with one attached hydrogen (secondary N) is 1. The van der Waals surface area contributed by atoms with E-state index >= 15 is 0 Å². The van der Waals surface area contributed by atoms with Crippen LogP contribution >= 0.6 is 0 Å². The minimum atomic E-state index is -0.769. The molecule has 2 rings (SSSR count). The number of carboxylic acid groups (broad SMARTS) is 1. The summed E-state index contributed by atoms with van der Waals surface area (Å²) in [5.74, 6) is 0.460. The van der Waals surface area contributed by atoms with Crippen LogP contribution in [0, 0.1) is 5.92 Å². The van der Waals surface area contributed by atoms with Crippen LogP contribution in [-0.4, -0.2) is 24.2 Å². The highest BCUT2D eigenvalue weighted by Crippen LogP contribution is 2.32. The molecule has 0 unspecified atom stereocenters. The summed E-state index contributed by atoms with van der Waals surface area (Å²) in [4.78, 5) is 11.1. The number of piperidine rings is 1. The molecule has 0 saturated carbocycles. The molecule has 4 nitrogen and oxygen atoms in total. The summed E-state index contributed by atoms with van der Waals surface area (Å²) in [5, 5.41) is 12.3. The van der Waals surface area contributed by atoms with Crippen LogP contribution in [0.15, 0.2) is 24.3 Å². The normalized spacial score (nSPS) is 27.8. The Hall–Kier alpha value is -1.55. The lowest BCUT2D eigenvalue weighted by atomic mass is 9.85. The molecule has 0 radical (unpaired) electrons. The average molecular weight is 249 g/mol. The molecule has 0 aromatic heterocycles. The van der Waals surface area contributed by atoms with Crippen molar-refractivity contribution in [2.45, 2.75) is 31.8 Å². The Labute approximate surface area is 107 Å². The maximum absolute atomic E-state index is 11.1. The van der Waals surface area contributed by atoms with Gasteiger partial charge in [-0.15, -0.1) is 0 Å². The number of hydrogen-bond donors (Lipinski definition) is 2. The van der Waals surface area contributed by atoms with Crippen molar-refractivity contribution in [2.75, 3.05) is 7.11 Å². The molecule has 3 atom stereocenters. The van der Waals surface area contributed by atoms with Gasteiger partial charge in [0, 0.05) is 6.04 Å². The predicted octanol–water partition coefficient (Wildman–Crippen LogP) is 2.21. The van der Waals surface area contributed by atoms with Crippen molar-refractivity contribution in [1.29, 1.82) is 0 Å². The van der Waals surface area contributed by atoms with Crippen LogP contribution in [-0.2, 0) is 4.79 Å². The third kappa shape index (κ3) is 2.64. The van der Waals surface area contributed by atoms with Crippen LogP contribution in [0.2, 0.25) is 0 Å². The molecule has 1 heterocycles. The fourth-order valence-corrected chi connectivity index (χ4v) is 2.52. The number of benzene rings is 1. The van der Waals surface area contributed by atoms with E-state index < -0.39 is 12.0 Å². The van der Waals surface area contributed by atoms with E-state index in [1.165, 1.54) is 0 Å². The van der Waals surface area contributed by atoms with Gasteiger partial charge in [-0.3, -0.25) is 10.1 Å². The van der Waals surface area contributed by atoms with Crippen LogP contribution in [0.4, 0.5) is 0 Å². The Kier molecular flexibility index (Phi) is 3.87. The first-order valence-electron chi connectivity index (χ1n) is 6.24. The molecule has 4 heteroatoms. The van der Waals surface area contributed by atoms with E-state index in [1.807, 2.05) is 24.3 Å². The molecule has 18 heavy (non-hydrogen) atoms. The molecule has 98 valence electrons. The second kappa shape index (κ2) is 5.40. The van der Waals surface area contributed by atoms with Crippen molar-refractivity contribution >= 4 is 5.97 Å². The number of methoxy groups -OCH3 is 1. The fraction of sp³-hybridized carbons (Fsp3) is 0.500. The maximum Gasteiger partial charge on any atom is 0.320 e. The van der Waals surface area contributed by atoms with Gasteiger partial charge in [-0.05, 0) is 36.5 Å². The van der Waals surface area contributed by atoms with Crippen LogP contribution < -0.4 is 10.1 Å². The lowest BCUT2D eigenvalue weighted by Crippen LogP contribution is -2.45. The van der Waals surface area contributed by atoms with Crippen LogP contribution in [0.3, 0.4) is 0 Å². The van der Waals surface area contributed by atoms with Gasteiger partial charge in [-0.1, -0.05) is 19.1 Å². The Bertz CT molecular complexity index is 433. The first-order chi connectivity index (χ1) is 8.61. The van der Waals surface area contributed by atoms with Gasteiger partial charge in [0.1, 0.15) is 11.8 Å². The maximum atomic E-state index is 11.1. The molecule has 1 saturated heterocycles. The molecule has 1 aliphatic rings. The van der Waals surface area contributed by atoms with Gasteiger partial charge in [0.15, 0.2) is 0 Å². The van der Waals surface area contributed by atoms with Gasteiger partial charge in [-0.25, -0.2) is 0 Å². The molecule has 2 N–H and O–H groups in total. The molecular weight excluding hydrogens is 230 g/mol. The third-order valence-corrected chi connectivity index (χ3v) is 3.61. The van der Waals surface area contributed by atoms with Gasteiger partial charge >= 0.3 is 5.97 Å². The van der Waals surface area contributed by atoms with E-state index in [-0.39, 0.29) is 6.04 Å². The second-order valence-corrected chi connectivity index (χ2v) is 4.87. The summed E-state index contributed by atoms with van der Waals surface area (Å²) in [6.07, 6.45) is 1.61. The number of aliphatic carboxylic acids is 1. The summed E-state index contributed by atoms with van der Waals surface area (Å²) in [5.41, 5.74) is 1.09. The molecule has 1 fully saturated rings. The molecule has 1 aliphatic heterocycles. The van der Waals surface area contributed by atoms with Crippen molar-refractivity contribution in [1.82, 2.24) is 5.32 Å². The number of ether oxygens (including phenoxy) is 1. The zero-order valence-electron chi connectivity index (χ0n) is 10.7. The smallest absolute Gasteiger partial charge is 0.320 e. The van der Waals surface area contributed by atoms with Gasteiger partial charge in [0.05, 0.1) is 7.11 Å². The summed E-state index contributed by atoms with van der Waals surface area (Å²) in [6.45, 7) is 2.15. The van der Waals surface area contributed by atoms with E-state index in [1.54, 1.807) is 7.11 Å². The highest BCUT2D eigenvalue weighted by Gasteiger charge is 2.31. The fourth-order valence-electron chi connectivity index (χ4n) is 2.52. The largest absolute Gasteiger partial charge is 0.497 e. The molecule has 0 spiro atoms. The summed E-state index contributed by atoms with van der Waals surface area (Å²) in [7, 11) is 1.64. The van der Waals surface area contributed by atoms with E-state index in [0.29, 0.717) is 12.3 Å². The topological polar surface area (TPSA) is 58.6 Å². The Balaban J connectivity index is 2.21. The molecular formula is C14H19NO3. The first-order valence-corrected chi connectivity index (χ1v) is 6.24. The van der Waals surface area contributed by atoms with E-state index in [0.717, 1.165) is 17.7 Å². The number of carbonyl (C=O) groups is 1. The zero-order chi connectivity index (χ0) is 13.1. The summed E-state index contributed by atoms with van der Waals surface area (Å²) in [6, 6.07) is 7.45. The van der Waals surface area contributed by atoms with Gasteiger partial charge < -0.3 is 9.84 Å². The lowest BCUT2D eigenvalue weighted by Gasteiger charge is -2.34. The molecule has 0 aliphatic carbocycles. The van der Waals surface area contributed by atoms with Gasteiger partial charge in [0.25, 0.3) is 0 Å². The number of hydrogen-bond acceptors (Lipinski definition) is 3. The van der Waals surface area contributed by atoms with E-state index in [2.05, 4.69) is 12.2 Å². The van der Waals surface area contributed by atoms with Gasteiger partial charge in [0.2, 0.25) is 0 Å². The van der Waals surface area contributed by atoms with Crippen molar-refractivity contribution in [3.05, 3.63) is 29.8 Å². The predicted molar refractivity (Wildman–Crippen MR) is 68.7 cm³/mol. The van der Waals surface area contributed by atoms with Crippen LogP contribution in [0.1, 0.15) is 31.4 Å². The minimum absolute atomic E-state index is 0.0787. The van der Waals surface area contributed by atoms with E-state index in [9.17, 15) is 4.79 Å². The quantitative estimate of drug-likeness (QED) is 0.862. The SMILES string of the molecule is COc1cccc([C@H]2N[C@H](C(=O)O)CC[C@@H]2C)c1. The lowest BCUT2D eigenvalue weighted by molar-refractivity contribution is -0.140. The highest BCUT2D eigenvalue weighted by molar-refractivity contribution is 5.73. The Morgan fingerprint density at radius 1 is 1.44 bits per heavy atom. The Morgan fingerprint density at radius 3 is 2.89 bits per heavy atom. The molecule has 1 aromatic rings. The van der Waals surface area contributed by atoms with Crippen molar-refractivity contribution < 1.29 is 14.6 Å². The summed E-state index contributed by atoms with van der Waals surface area (Å²) >= 11 is 0. The first kappa shape index (κ1) is 12.9. The molecule has 1 aromatic carbocycles. The van der Waals surface area contributed by atoms with Crippen molar-refractivity contribution in [3.8, 4) is 5.75 Å². The van der Waals surface area contributed by atoms with Gasteiger partial charge in [-0.2, -0.15) is 0 Å². The van der Waals surface area contributed by atoms with Crippen molar-refractivity contribution in [2.24, 2.45) is 5.92 Å². The van der Waals surface area contributed by atoms with E-state index in [4.69, 9.17) is 9.84 Å². The zero-order valence-corrected chi connectivity index (χ0v) is 10.7. The van der Waals surface area contributed by atoms with Crippen molar-refractivity contribution in [3.63, 3.8) is 0 Å². The van der Waals surface area contributed by atoms with Crippen LogP contribution in [0.25, 0.3) is 0 Å². The minimum Gasteiger partial charge on any atom is -0.497 e. The third-order valence-electron chi connectivity index (χ3n) is 3.61.